The van der Waals surface area contributed by atoms with Crippen molar-refractivity contribution in [2.24, 2.45) is 11.8 Å². The van der Waals surface area contributed by atoms with Gasteiger partial charge in [0, 0.05) is 12.6 Å². The number of hydrogen-bond donors (Lipinski definition) is 1. The largest absolute Gasteiger partial charge is 0.481 e. The van der Waals surface area contributed by atoms with Crippen LogP contribution in [-0.4, -0.2) is 34.5 Å². The van der Waals surface area contributed by atoms with E-state index in [9.17, 15) is 9.59 Å². The minimum atomic E-state index is -0.803. The van der Waals surface area contributed by atoms with Gasteiger partial charge in [0.2, 0.25) is 5.91 Å². The summed E-state index contributed by atoms with van der Waals surface area (Å²) in [6, 6.07) is 0.294. The number of aliphatic carboxylic acids is 1. The highest BCUT2D eigenvalue weighted by Gasteiger charge is 2.41. The van der Waals surface area contributed by atoms with Gasteiger partial charge in [-0.15, -0.1) is 0 Å². The van der Waals surface area contributed by atoms with Gasteiger partial charge in [-0.3, -0.25) is 9.59 Å². The van der Waals surface area contributed by atoms with Crippen LogP contribution in [-0.2, 0) is 9.59 Å². The number of nitrogens with zero attached hydrogens (tertiary/aromatic N) is 1. The second-order valence-electron chi connectivity index (χ2n) is 5.01. The molecule has 0 bridgehead atoms. The Balaban J connectivity index is 2.06. The van der Waals surface area contributed by atoms with Crippen LogP contribution in [0.1, 0.15) is 39.0 Å². The van der Waals surface area contributed by atoms with Gasteiger partial charge in [0.1, 0.15) is 0 Å². The molecule has 2 aliphatic rings. The zero-order valence-electron chi connectivity index (χ0n) is 9.69. The van der Waals surface area contributed by atoms with E-state index in [1.807, 2.05) is 4.90 Å². The molecule has 2 fully saturated rings. The van der Waals surface area contributed by atoms with E-state index in [2.05, 4.69) is 6.92 Å². The molecule has 3 atom stereocenters. The van der Waals surface area contributed by atoms with Crippen molar-refractivity contribution in [2.45, 2.75) is 45.1 Å². The molecule has 90 valence electrons. The highest BCUT2D eigenvalue weighted by Crippen LogP contribution is 2.34. The molecule has 1 aliphatic carbocycles. The Morgan fingerprint density at radius 3 is 2.38 bits per heavy atom. The quantitative estimate of drug-likeness (QED) is 0.774. The van der Waals surface area contributed by atoms with Gasteiger partial charge in [0.25, 0.3) is 0 Å². The number of carboxylic acids is 1. The third-order valence-electron chi connectivity index (χ3n) is 3.99. The Hall–Kier alpha value is -1.06. The summed E-state index contributed by atoms with van der Waals surface area (Å²) in [5, 5.41) is 9.07. The molecule has 4 heteroatoms. The maximum atomic E-state index is 12.2. The maximum Gasteiger partial charge on any atom is 0.307 e. The van der Waals surface area contributed by atoms with Crippen LogP contribution in [0.15, 0.2) is 0 Å². The molecule has 1 heterocycles. The zero-order valence-corrected chi connectivity index (χ0v) is 9.69. The van der Waals surface area contributed by atoms with E-state index < -0.39 is 11.9 Å². The van der Waals surface area contributed by atoms with Crippen molar-refractivity contribution in [1.29, 1.82) is 0 Å². The Morgan fingerprint density at radius 1 is 1.12 bits per heavy atom. The van der Waals surface area contributed by atoms with Gasteiger partial charge in [-0.2, -0.15) is 0 Å². The van der Waals surface area contributed by atoms with Gasteiger partial charge in [-0.25, -0.2) is 0 Å². The van der Waals surface area contributed by atoms with Crippen LogP contribution >= 0.6 is 0 Å². The lowest BCUT2D eigenvalue weighted by molar-refractivity contribution is -0.149. The first-order chi connectivity index (χ1) is 7.61. The van der Waals surface area contributed by atoms with Gasteiger partial charge in [-0.05, 0) is 32.6 Å². The zero-order chi connectivity index (χ0) is 11.7. The number of likely N-dealkylation sites (tertiary alicyclic amines) is 1. The normalized spacial score (nSPS) is 34.3. The average Bonchev–Trinajstić information content (AvgIpc) is 2.84. The monoisotopic (exact) mass is 225 g/mol. The average molecular weight is 225 g/mol. The fraction of sp³-hybridized carbons (Fsp3) is 0.833. The lowest BCUT2D eigenvalue weighted by Crippen LogP contribution is -2.40. The van der Waals surface area contributed by atoms with E-state index in [1.54, 1.807) is 0 Å². The summed E-state index contributed by atoms with van der Waals surface area (Å²) in [4.78, 5) is 25.2. The standard InChI is InChI=1S/C12H19NO3/c1-8-4-3-7-13(8)11(14)9-5-2-6-10(9)12(15)16/h8-10H,2-7H2,1H3,(H,15,16)/t8?,9-,10+/m1/s1. The molecule has 1 unspecified atom stereocenters. The van der Waals surface area contributed by atoms with Gasteiger partial charge in [0.05, 0.1) is 11.8 Å². The van der Waals surface area contributed by atoms with E-state index in [1.165, 1.54) is 0 Å². The molecule has 1 saturated carbocycles. The highest BCUT2D eigenvalue weighted by atomic mass is 16.4. The number of carbonyl (C=O) groups excluding carboxylic acids is 1. The summed E-state index contributed by atoms with van der Waals surface area (Å²) < 4.78 is 0. The summed E-state index contributed by atoms with van der Waals surface area (Å²) in [5.74, 6) is -1.43. The molecule has 0 spiro atoms. The molecule has 1 N–H and O–H groups in total. The minimum absolute atomic E-state index is 0.0786. The smallest absolute Gasteiger partial charge is 0.307 e. The minimum Gasteiger partial charge on any atom is -0.481 e. The van der Waals surface area contributed by atoms with Crippen molar-refractivity contribution in [3.63, 3.8) is 0 Å². The molecular weight excluding hydrogens is 206 g/mol. The SMILES string of the molecule is CC1CCCN1C(=O)[C@@H]1CCC[C@@H]1C(=O)O. The topological polar surface area (TPSA) is 57.6 Å². The van der Waals surface area contributed by atoms with Crippen LogP contribution in [0.3, 0.4) is 0 Å². The molecular formula is C12H19NO3. The van der Waals surface area contributed by atoms with Crippen LogP contribution in [0, 0.1) is 11.8 Å². The lowest BCUT2D eigenvalue weighted by atomic mass is 9.94. The van der Waals surface area contributed by atoms with E-state index in [0.29, 0.717) is 12.5 Å². The molecule has 2 rings (SSSR count). The first-order valence-electron chi connectivity index (χ1n) is 6.14. The number of rotatable bonds is 2. The molecule has 0 aromatic carbocycles. The fourth-order valence-electron chi connectivity index (χ4n) is 3.02. The highest BCUT2D eigenvalue weighted by molar-refractivity contribution is 5.85. The first-order valence-corrected chi connectivity index (χ1v) is 6.14. The molecule has 1 saturated heterocycles. The lowest BCUT2D eigenvalue weighted by Gasteiger charge is -2.26. The second-order valence-corrected chi connectivity index (χ2v) is 5.01. The number of carbonyl (C=O) groups is 2. The van der Waals surface area contributed by atoms with Crippen molar-refractivity contribution in [1.82, 2.24) is 4.90 Å². The fourth-order valence-corrected chi connectivity index (χ4v) is 3.02. The molecule has 0 aromatic heterocycles. The summed E-state index contributed by atoms with van der Waals surface area (Å²) in [7, 11) is 0. The molecule has 0 aromatic rings. The van der Waals surface area contributed by atoms with Crippen molar-refractivity contribution >= 4 is 11.9 Å². The van der Waals surface area contributed by atoms with Gasteiger partial charge in [0.15, 0.2) is 0 Å². The Labute approximate surface area is 95.6 Å². The van der Waals surface area contributed by atoms with Crippen molar-refractivity contribution in [3.8, 4) is 0 Å². The third kappa shape index (κ3) is 1.93. The van der Waals surface area contributed by atoms with Gasteiger partial charge in [-0.1, -0.05) is 6.42 Å². The summed E-state index contributed by atoms with van der Waals surface area (Å²) in [5.41, 5.74) is 0. The van der Waals surface area contributed by atoms with Crippen molar-refractivity contribution in [2.75, 3.05) is 6.54 Å². The van der Waals surface area contributed by atoms with E-state index >= 15 is 0 Å². The number of hydrogen-bond acceptors (Lipinski definition) is 2. The van der Waals surface area contributed by atoms with E-state index in [0.717, 1.165) is 32.2 Å². The van der Waals surface area contributed by atoms with Gasteiger partial charge >= 0.3 is 5.97 Å². The van der Waals surface area contributed by atoms with Crippen LogP contribution in [0.4, 0.5) is 0 Å². The molecule has 1 amide bonds. The molecule has 0 radical (unpaired) electrons. The van der Waals surface area contributed by atoms with E-state index in [4.69, 9.17) is 5.11 Å². The van der Waals surface area contributed by atoms with Gasteiger partial charge < -0.3 is 10.0 Å². The summed E-state index contributed by atoms with van der Waals surface area (Å²) in [6.07, 6.45) is 4.39. The van der Waals surface area contributed by atoms with Crippen molar-refractivity contribution < 1.29 is 14.7 Å². The molecule has 1 aliphatic heterocycles. The first kappa shape index (κ1) is 11.4. The van der Waals surface area contributed by atoms with Crippen LogP contribution in [0.5, 0.6) is 0 Å². The van der Waals surface area contributed by atoms with Crippen molar-refractivity contribution in [3.05, 3.63) is 0 Å². The molecule has 16 heavy (non-hydrogen) atoms. The van der Waals surface area contributed by atoms with Crippen LogP contribution in [0.2, 0.25) is 0 Å². The molecule has 4 nitrogen and oxygen atoms in total. The van der Waals surface area contributed by atoms with Crippen LogP contribution in [0.25, 0.3) is 0 Å². The Morgan fingerprint density at radius 2 is 1.81 bits per heavy atom. The number of carboxylic acid groups (broad SMARTS) is 1. The maximum absolute atomic E-state index is 12.2. The van der Waals surface area contributed by atoms with Crippen LogP contribution < -0.4 is 0 Å². The predicted octanol–water partition coefficient (Wildman–Crippen LogP) is 1.50. The summed E-state index contributed by atoms with van der Waals surface area (Å²) in [6.45, 7) is 2.86. The predicted molar refractivity (Wildman–Crippen MR) is 58.9 cm³/mol. The number of amides is 1. The Bertz CT molecular complexity index is 303. The summed E-state index contributed by atoms with van der Waals surface area (Å²) >= 11 is 0. The second kappa shape index (κ2) is 4.44. The Kier molecular flexibility index (Phi) is 3.17. The van der Waals surface area contributed by atoms with E-state index in [-0.39, 0.29) is 11.8 Å². The third-order valence-corrected chi connectivity index (χ3v) is 3.99.